The monoisotopic (exact) mass is 413 g/mol. The molecule has 148 valence electrons. The SMILES string of the molecule is Cc1cc([N+](=O)[O-])c(S(=O)(=O)N(CCCN)Cc2ccccc2)cc1C.Cl. The summed E-state index contributed by atoms with van der Waals surface area (Å²) >= 11 is 0. The Labute approximate surface area is 165 Å². The van der Waals surface area contributed by atoms with E-state index in [0.717, 1.165) is 5.56 Å². The summed E-state index contributed by atoms with van der Waals surface area (Å²) in [5.74, 6) is 0. The van der Waals surface area contributed by atoms with Crippen LogP contribution in [0, 0.1) is 24.0 Å². The number of rotatable bonds is 8. The lowest BCUT2D eigenvalue weighted by Crippen LogP contribution is -2.33. The second-order valence-electron chi connectivity index (χ2n) is 6.13. The number of nitrogens with zero attached hydrogens (tertiary/aromatic N) is 2. The molecule has 0 unspecified atom stereocenters. The van der Waals surface area contributed by atoms with Crippen LogP contribution >= 0.6 is 12.4 Å². The van der Waals surface area contributed by atoms with Gasteiger partial charge in [-0.3, -0.25) is 10.1 Å². The highest BCUT2D eigenvalue weighted by Gasteiger charge is 2.32. The van der Waals surface area contributed by atoms with Crippen LogP contribution in [0.1, 0.15) is 23.1 Å². The van der Waals surface area contributed by atoms with Crippen molar-refractivity contribution in [1.82, 2.24) is 4.31 Å². The molecule has 0 amide bonds. The van der Waals surface area contributed by atoms with Crippen LogP contribution in [0.3, 0.4) is 0 Å². The second-order valence-corrected chi connectivity index (χ2v) is 8.03. The average Bonchev–Trinajstić information content (AvgIpc) is 2.61. The predicted molar refractivity (Wildman–Crippen MR) is 108 cm³/mol. The van der Waals surface area contributed by atoms with Crippen molar-refractivity contribution in [3.8, 4) is 0 Å². The van der Waals surface area contributed by atoms with Gasteiger partial charge in [-0.1, -0.05) is 30.3 Å². The maximum absolute atomic E-state index is 13.2. The number of hydrogen-bond donors (Lipinski definition) is 1. The summed E-state index contributed by atoms with van der Waals surface area (Å²) < 4.78 is 27.7. The van der Waals surface area contributed by atoms with Crippen LogP contribution in [0.25, 0.3) is 0 Å². The zero-order valence-corrected chi connectivity index (χ0v) is 16.9. The van der Waals surface area contributed by atoms with Crippen molar-refractivity contribution in [3.63, 3.8) is 0 Å². The van der Waals surface area contributed by atoms with Gasteiger partial charge in [-0.15, -0.1) is 12.4 Å². The van der Waals surface area contributed by atoms with Crippen molar-refractivity contribution in [2.75, 3.05) is 13.1 Å². The minimum Gasteiger partial charge on any atom is -0.330 e. The molecule has 0 saturated heterocycles. The van der Waals surface area contributed by atoms with Gasteiger partial charge in [0.1, 0.15) is 0 Å². The smallest absolute Gasteiger partial charge is 0.289 e. The van der Waals surface area contributed by atoms with Crippen LogP contribution in [0.2, 0.25) is 0 Å². The van der Waals surface area contributed by atoms with Crippen molar-refractivity contribution < 1.29 is 13.3 Å². The molecule has 0 heterocycles. The molecule has 0 spiro atoms. The number of nitrogens with two attached hydrogens (primary N) is 1. The second kappa shape index (κ2) is 9.80. The van der Waals surface area contributed by atoms with Gasteiger partial charge in [-0.2, -0.15) is 4.31 Å². The molecule has 2 aromatic rings. The highest BCUT2D eigenvalue weighted by atomic mass is 35.5. The number of sulfonamides is 1. The first-order chi connectivity index (χ1) is 12.3. The Morgan fingerprint density at radius 2 is 1.70 bits per heavy atom. The average molecular weight is 414 g/mol. The number of halogens is 1. The van der Waals surface area contributed by atoms with Crippen LogP contribution in [-0.2, 0) is 16.6 Å². The maximum Gasteiger partial charge on any atom is 0.289 e. The summed E-state index contributed by atoms with van der Waals surface area (Å²) in [6, 6.07) is 11.8. The minimum absolute atomic E-state index is 0. The summed E-state index contributed by atoms with van der Waals surface area (Å²) in [5.41, 5.74) is 7.31. The molecule has 7 nitrogen and oxygen atoms in total. The van der Waals surface area contributed by atoms with Gasteiger partial charge < -0.3 is 5.73 Å². The van der Waals surface area contributed by atoms with Gasteiger partial charge in [0.15, 0.2) is 4.90 Å². The molecule has 0 saturated carbocycles. The number of aryl methyl sites for hydroxylation is 2. The fourth-order valence-corrected chi connectivity index (χ4v) is 4.29. The lowest BCUT2D eigenvalue weighted by Gasteiger charge is -2.22. The van der Waals surface area contributed by atoms with Crippen molar-refractivity contribution in [3.05, 3.63) is 69.3 Å². The molecule has 0 atom stereocenters. The van der Waals surface area contributed by atoms with Gasteiger partial charge in [-0.05, 0) is 49.6 Å². The Kier molecular flexibility index (Phi) is 8.36. The van der Waals surface area contributed by atoms with Crippen LogP contribution in [-0.4, -0.2) is 30.7 Å². The lowest BCUT2D eigenvalue weighted by atomic mass is 10.1. The number of benzene rings is 2. The van der Waals surface area contributed by atoms with E-state index in [1.807, 2.05) is 30.3 Å². The van der Waals surface area contributed by atoms with Gasteiger partial charge in [0.2, 0.25) is 10.0 Å². The van der Waals surface area contributed by atoms with Crippen LogP contribution in [0.5, 0.6) is 0 Å². The van der Waals surface area contributed by atoms with E-state index in [1.54, 1.807) is 13.8 Å². The summed E-state index contributed by atoms with van der Waals surface area (Å²) in [6.45, 7) is 4.11. The maximum atomic E-state index is 13.2. The molecule has 0 bridgehead atoms. The van der Waals surface area contributed by atoms with Crippen molar-refractivity contribution in [1.29, 1.82) is 0 Å². The predicted octanol–water partition coefficient (Wildman–Crippen LogP) is 3.17. The Morgan fingerprint density at radius 3 is 2.26 bits per heavy atom. The van der Waals surface area contributed by atoms with Crippen LogP contribution in [0.4, 0.5) is 5.69 Å². The zero-order chi connectivity index (χ0) is 19.3. The van der Waals surface area contributed by atoms with Crippen LogP contribution < -0.4 is 5.73 Å². The molecule has 0 aliphatic heterocycles. The third kappa shape index (κ3) is 5.49. The molecular weight excluding hydrogens is 390 g/mol. The first-order valence-electron chi connectivity index (χ1n) is 8.27. The van der Waals surface area contributed by atoms with E-state index in [9.17, 15) is 18.5 Å². The van der Waals surface area contributed by atoms with Gasteiger partial charge in [0.05, 0.1) is 4.92 Å². The molecule has 0 aromatic heterocycles. The quantitative estimate of drug-likeness (QED) is 0.528. The summed E-state index contributed by atoms with van der Waals surface area (Å²) in [4.78, 5) is 10.5. The van der Waals surface area contributed by atoms with Gasteiger partial charge in [0, 0.05) is 19.2 Å². The summed E-state index contributed by atoms with van der Waals surface area (Å²) in [7, 11) is -4.05. The minimum atomic E-state index is -4.05. The molecule has 27 heavy (non-hydrogen) atoms. The highest BCUT2D eigenvalue weighted by Crippen LogP contribution is 2.30. The van der Waals surface area contributed by atoms with Crippen molar-refractivity contribution >= 4 is 28.1 Å². The summed E-state index contributed by atoms with van der Waals surface area (Å²) in [5, 5.41) is 11.4. The van der Waals surface area contributed by atoms with E-state index < -0.39 is 20.6 Å². The van der Waals surface area contributed by atoms with Gasteiger partial charge in [-0.25, -0.2) is 8.42 Å². The van der Waals surface area contributed by atoms with Gasteiger partial charge in [0.25, 0.3) is 5.69 Å². The molecule has 2 N–H and O–H groups in total. The topological polar surface area (TPSA) is 107 Å². The van der Waals surface area contributed by atoms with Crippen molar-refractivity contribution in [2.24, 2.45) is 5.73 Å². The highest BCUT2D eigenvalue weighted by molar-refractivity contribution is 7.89. The molecule has 9 heteroatoms. The van der Waals surface area contributed by atoms with Crippen molar-refractivity contribution in [2.45, 2.75) is 31.7 Å². The Morgan fingerprint density at radius 1 is 1.11 bits per heavy atom. The Hall–Kier alpha value is -2.00. The molecular formula is C18H24ClN3O4S. The number of nitro groups is 1. The van der Waals surface area contributed by atoms with E-state index in [-0.39, 0.29) is 30.4 Å². The molecule has 0 aliphatic rings. The zero-order valence-electron chi connectivity index (χ0n) is 15.3. The first-order valence-corrected chi connectivity index (χ1v) is 9.71. The van der Waals surface area contributed by atoms with Gasteiger partial charge >= 0.3 is 0 Å². The molecule has 2 rings (SSSR count). The standard InChI is InChI=1S/C18H23N3O4S.ClH/c1-14-11-17(21(22)23)18(12-15(14)2)26(24,25)20(10-6-9-19)13-16-7-4-3-5-8-16;/h3-5,7-8,11-12H,6,9-10,13,19H2,1-2H3;1H. The Balaban J connectivity index is 0.00000364. The fraction of sp³-hybridized carbons (Fsp3) is 0.333. The summed E-state index contributed by atoms with van der Waals surface area (Å²) in [6.07, 6.45) is 0.463. The van der Waals surface area contributed by atoms with E-state index in [4.69, 9.17) is 5.73 Å². The third-order valence-corrected chi connectivity index (χ3v) is 6.08. The molecule has 0 aliphatic carbocycles. The lowest BCUT2D eigenvalue weighted by molar-refractivity contribution is -0.387. The largest absolute Gasteiger partial charge is 0.330 e. The first kappa shape index (κ1) is 23.0. The van der Waals surface area contributed by atoms with E-state index in [0.29, 0.717) is 24.1 Å². The number of hydrogen-bond acceptors (Lipinski definition) is 5. The fourth-order valence-electron chi connectivity index (χ4n) is 2.60. The third-order valence-electron chi connectivity index (χ3n) is 4.20. The molecule has 0 fully saturated rings. The number of nitro benzene ring substituents is 1. The normalized spacial score (nSPS) is 11.3. The molecule has 2 aromatic carbocycles. The van der Waals surface area contributed by atoms with E-state index in [2.05, 4.69) is 0 Å². The van der Waals surface area contributed by atoms with E-state index >= 15 is 0 Å². The van der Waals surface area contributed by atoms with E-state index in [1.165, 1.54) is 16.4 Å². The Bertz CT molecular complexity index is 889. The van der Waals surface area contributed by atoms with Crippen LogP contribution in [0.15, 0.2) is 47.4 Å². The molecule has 0 radical (unpaired) electrons.